The minimum Gasteiger partial charge on any atom is -0.375 e. The van der Waals surface area contributed by atoms with E-state index in [-0.39, 0.29) is 0 Å². The second-order valence-corrected chi connectivity index (χ2v) is 5.65. The minimum absolute atomic E-state index is 0.455. The second kappa shape index (κ2) is 6.33. The normalized spacial score (nSPS) is 22.6. The van der Waals surface area contributed by atoms with Gasteiger partial charge in [0, 0.05) is 25.5 Å². The van der Waals surface area contributed by atoms with E-state index in [9.17, 15) is 0 Å². The smallest absolute Gasteiger partial charge is 0.147 e. The fourth-order valence-corrected chi connectivity index (χ4v) is 3.15. The van der Waals surface area contributed by atoms with Gasteiger partial charge in [0.05, 0.1) is 18.4 Å². The van der Waals surface area contributed by atoms with E-state index < -0.39 is 0 Å². The van der Waals surface area contributed by atoms with E-state index in [1.165, 1.54) is 32.1 Å². The molecule has 0 bridgehead atoms. The molecule has 0 amide bonds. The maximum atomic E-state index is 6.25. The molecule has 1 aromatic heterocycles. The van der Waals surface area contributed by atoms with E-state index in [0.29, 0.717) is 12.2 Å². The van der Waals surface area contributed by atoms with Crippen molar-refractivity contribution in [3.05, 3.63) is 18.6 Å². The largest absolute Gasteiger partial charge is 0.375 e. The van der Waals surface area contributed by atoms with Crippen molar-refractivity contribution >= 4 is 5.82 Å². The molecule has 1 aliphatic heterocycles. The van der Waals surface area contributed by atoms with Crippen LogP contribution in [0, 0.1) is 0 Å². The summed E-state index contributed by atoms with van der Waals surface area (Å²) < 4.78 is 6.25. The lowest BCUT2D eigenvalue weighted by Crippen LogP contribution is -2.39. The maximum Gasteiger partial charge on any atom is 0.147 e. The zero-order valence-corrected chi connectivity index (χ0v) is 11.5. The highest BCUT2D eigenvalue weighted by molar-refractivity contribution is 5.35. The van der Waals surface area contributed by atoms with Crippen molar-refractivity contribution in [3.63, 3.8) is 0 Å². The van der Waals surface area contributed by atoms with Crippen molar-refractivity contribution in [3.8, 4) is 0 Å². The first-order valence-electron chi connectivity index (χ1n) is 7.58. The first-order chi connectivity index (χ1) is 9.42. The predicted octanol–water partition coefficient (Wildman–Crippen LogP) is 2.79. The Balaban J connectivity index is 1.46. The Hall–Kier alpha value is -1.16. The zero-order chi connectivity index (χ0) is 12.9. The van der Waals surface area contributed by atoms with Crippen LogP contribution in [0.5, 0.6) is 0 Å². The molecule has 0 aromatic carbocycles. The number of anilines is 1. The Labute approximate surface area is 115 Å². The number of nitrogens with zero attached hydrogens (tertiary/aromatic N) is 3. The summed E-state index contributed by atoms with van der Waals surface area (Å²) in [5.74, 6) is 0.999. The highest BCUT2D eigenvalue weighted by Crippen LogP contribution is 2.25. The fraction of sp³-hybridized carbons (Fsp3) is 0.733. The number of ether oxygens (including phenoxy) is 1. The fourth-order valence-electron chi connectivity index (χ4n) is 3.15. The van der Waals surface area contributed by atoms with Crippen LogP contribution in [-0.2, 0) is 4.74 Å². The van der Waals surface area contributed by atoms with Crippen LogP contribution in [0.1, 0.15) is 44.9 Å². The van der Waals surface area contributed by atoms with E-state index in [1.54, 1.807) is 12.4 Å². The van der Waals surface area contributed by atoms with Crippen LogP contribution in [0.15, 0.2) is 18.6 Å². The Bertz CT molecular complexity index is 370. The van der Waals surface area contributed by atoms with E-state index in [4.69, 9.17) is 4.74 Å². The van der Waals surface area contributed by atoms with E-state index in [0.717, 1.165) is 31.7 Å². The molecule has 0 spiro atoms. The molecule has 1 saturated carbocycles. The number of hydrogen-bond acceptors (Lipinski definition) is 4. The van der Waals surface area contributed by atoms with Crippen LogP contribution in [0.4, 0.5) is 5.82 Å². The van der Waals surface area contributed by atoms with Crippen LogP contribution in [0.3, 0.4) is 0 Å². The van der Waals surface area contributed by atoms with Crippen LogP contribution >= 0.6 is 0 Å². The molecule has 0 unspecified atom stereocenters. The SMILES string of the molecule is c1cnc(N2CCC(OC3CCCCC3)CC2)cn1. The van der Waals surface area contributed by atoms with Crippen LogP contribution in [0.2, 0.25) is 0 Å². The molecule has 0 radical (unpaired) electrons. The molecule has 2 heterocycles. The third kappa shape index (κ3) is 3.44. The van der Waals surface area contributed by atoms with Crippen LogP contribution in [0.25, 0.3) is 0 Å². The molecule has 1 aromatic rings. The molecule has 4 nitrogen and oxygen atoms in total. The molecular formula is C15H23N3O. The molecule has 4 heteroatoms. The molecule has 1 saturated heterocycles. The van der Waals surface area contributed by atoms with Gasteiger partial charge in [-0.15, -0.1) is 0 Å². The summed E-state index contributed by atoms with van der Waals surface area (Å²) >= 11 is 0. The molecule has 2 aliphatic rings. The second-order valence-electron chi connectivity index (χ2n) is 5.65. The minimum atomic E-state index is 0.455. The topological polar surface area (TPSA) is 38.2 Å². The Kier molecular flexibility index (Phi) is 4.28. The Morgan fingerprint density at radius 2 is 1.68 bits per heavy atom. The third-order valence-corrected chi connectivity index (χ3v) is 4.25. The zero-order valence-electron chi connectivity index (χ0n) is 11.5. The summed E-state index contributed by atoms with van der Waals surface area (Å²) in [7, 11) is 0. The van der Waals surface area contributed by atoms with Gasteiger partial charge in [0.25, 0.3) is 0 Å². The molecule has 1 aliphatic carbocycles. The number of piperidine rings is 1. The number of aromatic nitrogens is 2. The summed E-state index contributed by atoms with van der Waals surface area (Å²) in [5.41, 5.74) is 0. The van der Waals surface area contributed by atoms with Crippen molar-refractivity contribution in [2.24, 2.45) is 0 Å². The predicted molar refractivity (Wildman–Crippen MR) is 75.2 cm³/mol. The molecule has 0 atom stereocenters. The summed E-state index contributed by atoms with van der Waals surface area (Å²) in [6.45, 7) is 2.08. The van der Waals surface area contributed by atoms with Crippen molar-refractivity contribution < 1.29 is 4.74 Å². The lowest BCUT2D eigenvalue weighted by Gasteiger charge is -2.35. The summed E-state index contributed by atoms with van der Waals surface area (Å²) in [6, 6.07) is 0. The van der Waals surface area contributed by atoms with Crippen LogP contribution in [-0.4, -0.2) is 35.3 Å². The van der Waals surface area contributed by atoms with Gasteiger partial charge in [-0.2, -0.15) is 0 Å². The van der Waals surface area contributed by atoms with Gasteiger partial charge in [0.1, 0.15) is 5.82 Å². The summed E-state index contributed by atoms with van der Waals surface area (Å²) in [4.78, 5) is 10.8. The lowest BCUT2D eigenvalue weighted by atomic mass is 9.97. The van der Waals surface area contributed by atoms with Gasteiger partial charge in [-0.05, 0) is 25.7 Å². The van der Waals surface area contributed by atoms with Gasteiger partial charge in [0.2, 0.25) is 0 Å². The molecule has 3 rings (SSSR count). The van der Waals surface area contributed by atoms with E-state index >= 15 is 0 Å². The lowest BCUT2D eigenvalue weighted by molar-refractivity contribution is -0.0395. The van der Waals surface area contributed by atoms with E-state index in [1.807, 2.05) is 6.20 Å². The molecule has 104 valence electrons. The van der Waals surface area contributed by atoms with E-state index in [2.05, 4.69) is 14.9 Å². The average Bonchev–Trinajstić information content (AvgIpc) is 2.50. The summed E-state index contributed by atoms with van der Waals surface area (Å²) in [6.07, 6.45) is 15.2. The standard InChI is InChI=1S/C15H23N3O/c1-2-4-13(5-3-1)19-14-6-10-18(11-7-14)15-12-16-8-9-17-15/h8-9,12-14H,1-7,10-11H2. The average molecular weight is 261 g/mol. The Morgan fingerprint density at radius 3 is 2.37 bits per heavy atom. The summed E-state index contributed by atoms with van der Waals surface area (Å²) in [5, 5.41) is 0. The number of rotatable bonds is 3. The van der Waals surface area contributed by atoms with Crippen molar-refractivity contribution in [2.75, 3.05) is 18.0 Å². The van der Waals surface area contributed by atoms with Crippen molar-refractivity contribution in [2.45, 2.75) is 57.2 Å². The van der Waals surface area contributed by atoms with Crippen molar-refractivity contribution in [1.29, 1.82) is 0 Å². The van der Waals surface area contributed by atoms with Gasteiger partial charge in [0.15, 0.2) is 0 Å². The van der Waals surface area contributed by atoms with Gasteiger partial charge in [-0.1, -0.05) is 19.3 Å². The number of hydrogen-bond donors (Lipinski definition) is 0. The van der Waals surface area contributed by atoms with Gasteiger partial charge in [-0.3, -0.25) is 4.98 Å². The van der Waals surface area contributed by atoms with Gasteiger partial charge in [-0.25, -0.2) is 4.98 Å². The molecule has 0 N–H and O–H groups in total. The first-order valence-corrected chi connectivity index (χ1v) is 7.58. The van der Waals surface area contributed by atoms with Gasteiger partial charge >= 0.3 is 0 Å². The molecular weight excluding hydrogens is 238 g/mol. The third-order valence-electron chi connectivity index (χ3n) is 4.25. The maximum absolute atomic E-state index is 6.25. The quantitative estimate of drug-likeness (QED) is 0.838. The highest BCUT2D eigenvalue weighted by Gasteiger charge is 2.24. The first kappa shape index (κ1) is 12.9. The van der Waals surface area contributed by atoms with Crippen molar-refractivity contribution in [1.82, 2.24) is 9.97 Å². The molecule has 2 fully saturated rings. The van der Waals surface area contributed by atoms with Gasteiger partial charge < -0.3 is 9.64 Å². The molecule has 19 heavy (non-hydrogen) atoms. The monoisotopic (exact) mass is 261 g/mol. The Morgan fingerprint density at radius 1 is 0.947 bits per heavy atom. The highest BCUT2D eigenvalue weighted by atomic mass is 16.5. The van der Waals surface area contributed by atoms with Crippen LogP contribution < -0.4 is 4.90 Å².